The van der Waals surface area contributed by atoms with E-state index in [2.05, 4.69) is 9.47 Å². The molecule has 192 valence electrons. The lowest BCUT2D eigenvalue weighted by Gasteiger charge is -2.34. The predicted molar refractivity (Wildman–Crippen MR) is 130 cm³/mol. The van der Waals surface area contributed by atoms with Crippen LogP contribution in [-0.4, -0.2) is 125 Å². The highest BCUT2D eigenvalue weighted by molar-refractivity contribution is 6.65. The van der Waals surface area contributed by atoms with Crippen LogP contribution in [0.1, 0.15) is 19.3 Å². The molecule has 0 aromatic heterocycles. The van der Waals surface area contributed by atoms with Gasteiger partial charge in [-0.2, -0.15) is 0 Å². The molecule has 1 heterocycles. The molecule has 1 fully saturated rings. The highest BCUT2D eigenvalue weighted by atomic mass is 28.4. The highest BCUT2D eigenvalue weighted by Gasteiger charge is 2.47. The summed E-state index contributed by atoms with van der Waals surface area (Å²) in [6.07, 6.45) is 2.99. The van der Waals surface area contributed by atoms with Gasteiger partial charge in [-0.05, 0) is 38.9 Å². The molecule has 0 amide bonds. The van der Waals surface area contributed by atoms with Crippen LogP contribution >= 0.6 is 0 Å². The number of hydrogen-bond acceptors (Lipinski definition) is 10. The fourth-order valence-corrected chi connectivity index (χ4v) is 10.8. The zero-order valence-corrected chi connectivity index (χ0v) is 24.4. The van der Waals surface area contributed by atoms with Crippen LogP contribution in [-0.2, 0) is 35.4 Å². The Morgan fingerprint density at radius 3 is 1.50 bits per heavy atom. The third kappa shape index (κ3) is 8.18. The van der Waals surface area contributed by atoms with Crippen molar-refractivity contribution in [3.05, 3.63) is 0 Å². The summed E-state index contributed by atoms with van der Waals surface area (Å²) in [5, 5.41) is 0. The minimum Gasteiger partial charge on any atom is -0.386 e. The monoisotopic (exact) mass is 514 g/mol. The Bertz CT molecular complexity index is 455. The van der Waals surface area contributed by atoms with Crippen LogP contribution in [0.3, 0.4) is 0 Å². The van der Waals surface area contributed by atoms with E-state index in [1.165, 1.54) is 0 Å². The molecule has 13 heteroatoms. The van der Waals surface area contributed by atoms with Crippen LogP contribution in [0, 0.1) is 0 Å². The first-order valence-corrected chi connectivity index (χ1v) is 17.1. The first-order valence-electron chi connectivity index (χ1n) is 11.3. The zero-order chi connectivity index (χ0) is 24.1. The van der Waals surface area contributed by atoms with Crippen LogP contribution in [0.25, 0.3) is 0 Å². The third-order valence-electron chi connectivity index (χ3n) is 6.51. The molecule has 1 aliphatic heterocycles. The molecule has 1 rings (SSSR count). The largest absolute Gasteiger partial charge is 0.500 e. The summed E-state index contributed by atoms with van der Waals surface area (Å²) in [6.45, 7) is 4.74. The van der Waals surface area contributed by atoms with Crippen molar-refractivity contribution >= 4 is 26.3 Å². The fourth-order valence-electron chi connectivity index (χ4n) is 4.40. The van der Waals surface area contributed by atoms with Gasteiger partial charge in [0, 0.05) is 88.1 Å². The van der Waals surface area contributed by atoms with E-state index in [1.54, 1.807) is 56.9 Å². The highest BCUT2D eigenvalue weighted by Crippen LogP contribution is 2.27. The van der Waals surface area contributed by atoms with Crippen LogP contribution in [0.5, 0.6) is 0 Å². The zero-order valence-electron chi connectivity index (χ0n) is 21.4. The van der Waals surface area contributed by atoms with Crippen molar-refractivity contribution in [2.75, 3.05) is 89.6 Å². The van der Waals surface area contributed by atoms with Crippen molar-refractivity contribution in [1.29, 1.82) is 0 Å². The van der Waals surface area contributed by atoms with Crippen molar-refractivity contribution in [3.63, 3.8) is 0 Å². The van der Waals surface area contributed by atoms with Crippen molar-refractivity contribution in [2.24, 2.45) is 0 Å². The molecule has 0 unspecified atom stereocenters. The summed E-state index contributed by atoms with van der Waals surface area (Å²) in [5.74, 6) is 0. The second kappa shape index (κ2) is 15.3. The molecule has 1 saturated heterocycles. The van der Waals surface area contributed by atoms with Crippen LogP contribution in [0.15, 0.2) is 0 Å². The van der Waals surface area contributed by atoms with Gasteiger partial charge >= 0.3 is 26.3 Å². The second-order valence-corrected chi connectivity index (χ2v) is 17.4. The Labute approximate surface area is 198 Å². The molecule has 0 aromatic rings. The molecule has 0 bridgehead atoms. The molecule has 10 nitrogen and oxygen atoms in total. The van der Waals surface area contributed by atoms with Crippen LogP contribution in [0.4, 0.5) is 0 Å². The van der Waals surface area contributed by atoms with Crippen molar-refractivity contribution in [1.82, 2.24) is 9.47 Å². The van der Waals surface area contributed by atoms with Gasteiger partial charge in [0.2, 0.25) is 0 Å². The molecule has 0 atom stereocenters. The normalized spacial score (nSPS) is 17.5. The summed E-state index contributed by atoms with van der Waals surface area (Å²) in [6, 6.07) is 2.57. The summed E-state index contributed by atoms with van der Waals surface area (Å²) in [7, 11) is 6.15. The van der Waals surface area contributed by atoms with Crippen molar-refractivity contribution in [2.45, 2.75) is 37.4 Å². The van der Waals surface area contributed by atoms with Gasteiger partial charge in [0.25, 0.3) is 0 Å². The lowest BCUT2D eigenvalue weighted by molar-refractivity contribution is 0.118. The second-order valence-electron chi connectivity index (χ2n) is 7.85. The average Bonchev–Trinajstić information content (AvgIpc) is 3.26. The first kappa shape index (κ1) is 30.3. The Kier molecular flexibility index (Phi) is 14.5. The lowest BCUT2D eigenvalue weighted by Crippen LogP contribution is -2.55. The molecule has 32 heavy (non-hydrogen) atoms. The standard InChI is InChI=1S/C19H46N2O8Si3/c1-22-30(23-2)17-11-14-21(30)16-15-20(12-9-18-31(24-3,25-4)26-5)13-10-19-32(27-6,28-7)29-8/h9-19H2,1-8H3. The maximum Gasteiger partial charge on any atom is 0.500 e. The summed E-state index contributed by atoms with van der Waals surface area (Å²) in [4.78, 5) is 2.48. The van der Waals surface area contributed by atoms with Crippen LogP contribution < -0.4 is 0 Å². The van der Waals surface area contributed by atoms with E-state index in [9.17, 15) is 0 Å². The maximum absolute atomic E-state index is 5.87. The summed E-state index contributed by atoms with van der Waals surface area (Å²) >= 11 is 0. The summed E-state index contributed by atoms with van der Waals surface area (Å²) in [5.41, 5.74) is 0. The van der Waals surface area contributed by atoms with Gasteiger partial charge in [-0.25, -0.2) is 0 Å². The molecule has 0 spiro atoms. The third-order valence-corrected chi connectivity index (χ3v) is 15.8. The summed E-state index contributed by atoms with van der Waals surface area (Å²) < 4.78 is 47.7. The van der Waals surface area contributed by atoms with E-state index in [0.717, 1.165) is 70.1 Å². The van der Waals surface area contributed by atoms with Crippen molar-refractivity contribution < 1.29 is 35.4 Å². The molecule has 0 aliphatic carbocycles. The Hall–Kier alpha value is 0.251. The van der Waals surface area contributed by atoms with Gasteiger partial charge in [-0.15, -0.1) is 0 Å². The Morgan fingerprint density at radius 1 is 0.688 bits per heavy atom. The van der Waals surface area contributed by atoms with E-state index in [-0.39, 0.29) is 0 Å². The first-order chi connectivity index (χ1) is 15.4. The molecule has 0 saturated carbocycles. The average molecular weight is 515 g/mol. The van der Waals surface area contributed by atoms with Gasteiger partial charge in [0.05, 0.1) is 0 Å². The molecular formula is C19H46N2O8Si3. The quantitative estimate of drug-likeness (QED) is 0.238. The fraction of sp³-hybridized carbons (Fsp3) is 1.00. The van der Waals surface area contributed by atoms with Gasteiger partial charge in [-0.1, -0.05) is 0 Å². The van der Waals surface area contributed by atoms with E-state index in [1.807, 2.05) is 0 Å². The van der Waals surface area contributed by atoms with E-state index >= 15 is 0 Å². The predicted octanol–water partition coefficient (Wildman–Crippen LogP) is 1.76. The number of nitrogens with zero attached hydrogens (tertiary/aromatic N) is 2. The molecule has 1 aliphatic rings. The minimum absolute atomic E-state index is 0.776. The SMILES string of the molecule is CO[Si](CCCN(CCC[Si](OC)(OC)OC)CCN1CCC[Si]1(OC)OC)(OC)OC. The van der Waals surface area contributed by atoms with Gasteiger partial charge in [0.1, 0.15) is 0 Å². The van der Waals surface area contributed by atoms with Crippen LogP contribution in [0.2, 0.25) is 18.1 Å². The molecule has 0 radical (unpaired) electrons. The topological polar surface area (TPSA) is 80.3 Å². The molecule has 0 N–H and O–H groups in total. The van der Waals surface area contributed by atoms with Gasteiger partial charge in [-0.3, -0.25) is 4.57 Å². The molecule has 0 aromatic carbocycles. The number of rotatable bonds is 19. The Balaban J connectivity index is 2.72. The minimum atomic E-state index is -2.57. The number of hydrogen-bond donors (Lipinski definition) is 0. The van der Waals surface area contributed by atoms with Gasteiger partial charge < -0.3 is 40.3 Å². The smallest absolute Gasteiger partial charge is 0.386 e. The maximum atomic E-state index is 5.87. The van der Waals surface area contributed by atoms with Crippen molar-refractivity contribution in [3.8, 4) is 0 Å². The van der Waals surface area contributed by atoms with E-state index < -0.39 is 26.3 Å². The Morgan fingerprint density at radius 2 is 1.12 bits per heavy atom. The van der Waals surface area contributed by atoms with Gasteiger partial charge in [0.15, 0.2) is 0 Å². The van der Waals surface area contributed by atoms with E-state index in [0.29, 0.717) is 0 Å². The lowest BCUT2D eigenvalue weighted by atomic mass is 10.3. The van der Waals surface area contributed by atoms with E-state index in [4.69, 9.17) is 35.4 Å². The molecular weight excluding hydrogens is 468 g/mol.